The predicted octanol–water partition coefficient (Wildman–Crippen LogP) is 2.81. The number of nitrogens with zero attached hydrogens (tertiary/aromatic N) is 4. The zero-order valence-electron chi connectivity index (χ0n) is 18.6. The Morgan fingerprint density at radius 2 is 1.82 bits per heavy atom. The number of anilines is 1. The highest BCUT2D eigenvalue weighted by molar-refractivity contribution is 6.31. The van der Waals surface area contributed by atoms with Crippen molar-refractivity contribution < 1.29 is 9.53 Å². The van der Waals surface area contributed by atoms with E-state index in [1.807, 2.05) is 30.3 Å². The van der Waals surface area contributed by atoms with Gasteiger partial charge in [0.25, 0.3) is 5.56 Å². The van der Waals surface area contributed by atoms with Gasteiger partial charge in [-0.3, -0.25) is 18.7 Å². The van der Waals surface area contributed by atoms with E-state index in [2.05, 4.69) is 15.3 Å². The summed E-state index contributed by atoms with van der Waals surface area (Å²) in [6.07, 6.45) is 3.21. The molecule has 4 aromatic rings. The smallest absolute Gasteiger partial charge is 0.333 e. The predicted molar refractivity (Wildman–Crippen MR) is 130 cm³/mol. The van der Waals surface area contributed by atoms with Crippen molar-refractivity contribution in [1.29, 1.82) is 0 Å². The molecule has 2 aromatic heterocycles. The van der Waals surface area contributed by atoms with E-state index in [0.717, 1.165) is 20.3 Å². The number of halogens is 1. The fourth-order valence-electron chi connectivity index (χ4n) is 3.62. The number of amides is 1. The highest BCUT2D eigenvalue weighted by atomic mass is 35.5. The molecule has 0 saturated carbocycles. The largest absolute Gasteiger partial charge is 0.495 e. The number of carbonyl (C=O) groups is 1. The second-order valence-corrected chi connectivity index (χ2v) is 8.05. The first-order chi connectivity index (χ1) is 16.4. The third kappa shape index (κ3) is 4.69. The van der Waals surface area contributed by atoms with Crippen molar-refractivity contribution in [2.24, 2.45) is 0 Å². The van der Waals surface area contributed by atoms with Crippen LogP contribution in [-0.4, -0.2) is 32.1 Å². The van der Waals surface area contributed by atoms with E-state index in [9.17, 15) is 14.4 Å². The third-order valence-corrected chi connectivity index (χ3v) is 5.77. The molecule has 0 radical (unpaired) electrons. The van der Waals surface area contributed by atoms with Gasteiger partial charge in [0, 0.05) is 30.0 Å². The Bertz CT molecular complexity index is 1480. The molecule has 34 heavy (non-hydrogen) atoms. The molecule has 9 nitrogen and oxygen atoms in total. The van der Waals surface area contributed by atoms with Crippen LogP contribution in [0.15, 0.2) is 64.4 Å². The molecule has 0 atom stereocenters. The normalized spacial score (nSPS) is 10.9. The minimum Gasteiger partial charge on any atom is -0.495 e. The fourth-order valence-corrected chi connectivity index (χ4v) is 3.77. The molecule has 0 saturated heterocycles. The van der Waals surface area contributed by atoms with Crippen LogP contribution in [0.1, 0.15) is 11.1 Å². The van der Waals surface area contributed by atoms with Crippen molar-refractivity contribution in [2.75, 3.05) is 12.4 Å². The summed E-state index contributed by atoms with van der Waals surface area (Å²) in [5.74, 6) is -0.115. The first-order valence-corrected chi connectivity index (χ1v) is 10.9. The Balaban J connectivity index is 1.69. The lowest BCUT2D eigenvalue weighted by atomic mass is 10.1. The number of rotatable bonds is 7. The SMILES string of the molecule is COc1cc(Cl)c(C)cc1NC(=O)Cn1c(=O)n(CCc2ccccc2)c(=O)c2nccnc21. The molecule has 0 bridgehead atoms. The van der Waals surface area contributed by atoms with Crippen LogP contribution in [-0.2, 0) is 24.3 Å². The molecule has 1 amide bonds. The highest BCUT2D eigenvalue weighted by Crippen LogP contribution is 2.30. The molecule has 4 rings (SSSR count). The Morgan fingerprint density at radius 3 is 2.56 bits per heavy atom. The van der Waals surface area contributed by atoms with Crippen LogP contribution in [0.5, 0.6) is 5.75 Å². The maximum atomic E-state index is 13.3. The van der Waals surface area contributed by atoms with E-state index in [4.69, 9.17) is 16.3 Å². The highest BCUT2D eigenvalue weighted by Gasteiger charge is 2.18. The first kappa shape index (κ1) is 23.2. The van der Waals surface area contributed by atoms with Gasteiger partial charge in [0.05, 0.1) is 12.8 Å². The molecule has 0 fully saturated rings. The average molecular weight is 480 g/mol. The second-order valence-electron chi connectivity index (χ2n) is 7.64. The van der Waals surface area contributed by atoms with Crippen LogP contribution in [0.2, 0.25) is 5.02 Å². The summed E-state index contributed by atoms with van der Waals surface area (Å²) in [4.78, 5) is 47.4. The van der Waals surface area contributed by atoms with Crippen LogP contribution in [0.25, 0.3) is 11.2 Å². The van der Waals surface area contributed by atoms with Crippen LogP contribution in [0, 0.1) is 6.92 Å². The molecule has 174 valence electrons. The van der Waals surface area contributed by atoms with Gasteiger partial charge in [-0.05, 0) is 30.5 Å². The molecule has 2 heterocycles. The summed E-state index contributed by atoms with van der Waals surface area (Å²) in [6.45, 7) is 1.57. The molecular weight excluding hydrogens is 458 g/mol. The quantitative estimate of drug-likeness (QED) is 0.436. The molecule has 0 spiro atoms. The molecule has 1 N–H and O–H groups in total. The Morgan fingerprint density at radius 1 is 1.09 bits per heavy atom. The standard InChI is InChI=1S/C24H22ClN5O4/c1-15-12-18(19(34-2)13-17(15)25)28-20(31)14-30-22-21(26-9-10-27-22)23(32)29(24(30)33)11-8-16-6-4-3-5-7-16/h3-7,9-10,12-13H,8,11,14H2,1-2H3,(H,28,31). The van der Waals surface area contributed by atoms with E-state index in [1.165, 1.54) is 19.5 Å². The molecule has 10 heteroatoms. The number of fused-ring (bicyclic) bond motifs is 1. The number of aromatic nitrogens is 4. The van der Waals surface area contributed by atoms with E-state index >= 15 is 0 Å². The van der Waals surface area contributed by atoms with Crippen molar-refractivity contribution in [2.45, 2.75) is 26.4 Å². The Labute approximate surface area is 199 Å². The average Bonchev–Trinajstić information content (AvgIpc) is 2.84. The minimum atomic E-state index is -0.636. The van der Waals surface area contributed by atoms with Gasteiger partial charge in [0.1, 0.15) is 12.3 Å². The maximum absolute atomic E-state index is 13.3. The van der Waals surface area contributed by atoms with E-state index in [-0.39, 0.29) is 24.3 Å². The van der Waals surface area contributed by atoms with Gasteiger partial charge in [-0.25, -0.2) is 14.8 Å². The summed E-state index contributed by atoms with van der Waals surface area (Å²) < 4.78 is 7.54. The molecule has 0 aliphatic rings. The monoisotopic (exact) mass is 479 g/mol. The summed E-state index contributed by atoms with van der Waals surface area (Å²) >= 11 is 6.14. The Kier molecular flexibility index (Phi) is 6.74. The van der Waals surface area contributed by atoms with Crippen molar-refractivity contribution in [3.8, 4) is 5.75 Å². The zero-order chi connectivity index (χ0) is 24.2. The number of methoxy groups -OCH3 is 1. The molecule has 2 aromatic carbocycles. The summed E-state index contributed by atoms with van der Waals surface area (Å²) in [7, 11) is 1.47. The van der Waals surface area contributed by atoms with Gasteiger partial charge in [-0.1, -0.05) is 41.9 Å². The molecule has 0 aliphatic carbocycles. The van der Waals surface area contributed by atoms with Gasteiger partial charge in [-0.15, -0.1) is 0 Å². The van der Waals surface area contributed by atoms with Crippen molar-refractivity contribution in [3.63, 3.8) is 0 Å². The van der Waals surface area contributed by atoms with Gasteiger partial charge in [-0.2, -0.15) is 0 Å². The van der Waals surface area contributed by atoms with Gasteiger partial charge >= 0.3 is 5.69 Å². The van der Waals surface area contributed by atoms with E-state index in [1.54, 1.807) is 19.1 Å². The number of hydrogen-bond acceptors (Lipinski definition) is 6. The summed E-state index contributed by atoms with van der Waals surface area (Å²) in [5, 5.41) is 3.24. The molecule has 0 unspecified atom stereocenters. The Hall–Kier alpha value is -3.98. The zero-order valence-corrected chi connectivity index (χ0v) is 19.4. The van der Waals surface area contributed by atoms with Crippen LogP contribution < -0.4 is 21.3 Å². The van der Waals surface area contributed by atoms with Gasteiger partial charge < -0.3 is 10.1 Å². The van der Waals surface area contributed by atoms with Gasteiger partial charge in [0.2, 0.25) is 5.91 Å². The lowest BCUT2D eigenvalue weighted by Gasteiger charge is -2.15. The number of nitrogens with one attached hydrogen (secondary N) is 1. The fraction of sp³-hybridized carbons (Fsp3) is 0.208. The number of ether oxygens (including phenoxy) is 1. The number of carbonyl (C=O) groups excluding carboxylic acids is 1. The number of benzene rings is 2. The number of aryl methyl sites for hydroxylation is 2. The molecule has 0 aliphatic heterocycles. The van der Waals surface area contributed by atoms with Crippen molar-refractivity contribution >= 4 is 34.4 Å². The molecular formula is C24H22ClN5O4. The van der Waals surface area contributed by atoms with Crippen LogP contribution in [0.3, 0.4) is 0 Å². The second kappa shape index (κ2) is 9.88. The van der Waals surface area contributed by atoms with E-state index in [0.29, 0.717) is 22.9 Å². The maximum Gasteiger partial charge on any atom is 0.333 e. The third-order valence-electron chi connectivity index (χ3n) is 5.37. The lowest BCUT2D eigenvalue weighted by Crippen LogP contribution is -2.42. The van der Waals surface area contributed by atoms with Crippen LogP contribution in [0.4, 0.5) is 5.69 Å². The topological polar surface area (TPSA) is 108 Å². The van der Waals surface area contributed by atoms with E-state index < -0.39 is 17.2 Å². The van der Waals surface area contributed by atoms with Crippen molar-refractivity contribution in [1.82, 2.24) is 19.1 Å². The lowest BCUT2D eigenvalue weighted by molar-refractivity contribution is -0.116. The first-order valence-electron chi connectivity index (χ1n) is 10.5. The minimum absolute atomic E-state index is 0.0166. The van der Waals surface area contributed by atoms with Gasteiger partial charge in [0.15, 0.2) is 11.2 Å². The van der Waals surface area contributed by atoms with Crippen molar-refractivity contribution in [3.05, 3.63) is 91.8 Å². The summed E-state index contributed by atoms with van der Waals surface area (Å²) in [6, 6.07) is 12.8. The van der Waals surface area contributed by atoms with Crippen LogP contribution >= 0.6 is 11.6 Å². The summed E-state index contributed by atoms with van der Waals surface area (Å²) in [5.41, 5.74) is 1.02. The number of hydrogen-bond donors (Lipinski definition) is 1.